The first-order chi connectivity index (χ1) is 13.9. The van der Waals surface area contributed by atoms with E-state index >= 15 is 0 Å². The van der Waals surface area contributed by atoms with Crippen LogP contribution < -0.4 is 10.1 Å². The van der Waals surface area contributed by atoms with Crippen LogP contribution in [0.2, 0.25) is 5.02 Å². The molecule has 0 spiro atoms. The number of methoxy groups -OCH3 is 1. The Balaban J connectivity index is 1.69. The second kappa shape index (κ2) is 8.57. The fourth-order valence-corrected chi connectivity index (χ4v) is 2.87. The van der Waals surface area contributed by atoms with Gasteiger partial charge in [0, 0.05) is 11.8 Å². The third-order valence-corrected chi connectivity index (χ3v) is 4.37. The van der Waals surface area contributed by atoms with Crippen LogP contribution in [0.4, 0.5) is 11.4 Å². The SMILES string of the molecule is COc1cc2ccccc2cc1C(=O)OCC(=O)Nc1ccc(Cl)c([N+](=O)[O-])c1. The van der Waals surface area contributed by atoms with Crippen molar-refractivity contribution in [3.05, 3.63) is 75.3 Å². The van der Waals surface area contributed by atoms with Crippen LogP contribution >= 0.6 is 11.6 Å². The van der Waals surface area contributed by atoms with Crippen molar-refractivity contribution in [2.24, 2.45) is 0 Å². The lowest BCUT2D eigenvalue weighted by atomic mass is 10.1. The average Bonchev–Trinajstić information content (AvgIpc) is 2.72. The van der Waals surface area contributed by atoms with Gasteiger partial charge < -0.3 is 14.8 Å². The number of carbonyl (C=O) groups is 2. The summed E-state index contributed by atoms with van der Waals surface area (Å²) in [5, 5.41) is 15.0. The van der Waals surface area contributed by atoms with Gasteiger partial charge in [0.05, 0.1) is 12.0 Å². The highest BCUT2D eigenvalue weighted by molar-refractivity contribution is 6.32. The molecule has 0 saturated heterocycles. The number of benzene rings is 3. The number of halogens is 1. The molecule has 0 saturated carbocycles. The first-order valence-electron chi connectivity index (χ1n) is 8.36. The van der Waals surface area contributed by atoms with Gasteiger partial charge >= 0.3 is 5.97 Å². The van der Waals surface area contributed by atoms with Crippen molar-refractivity contribution < 1.29 is 24.0 Å². The molecular formula is C20H15ClN2O6. The predicted octanol–water partition coefficient (Wildman–Crippen LogP) is 4.21. The Hall–Kier alpha value is -3.65. The van der Waals surface area contributed by atoms with Gasteiger partial charge in [-0.05, 0) is 35.0 Å². The Bertz CT molecular complexity index is 1120. The van der Waals surface area contributed by atoms with Crippen molar-refractivity contribution in [2.45, 2.75) is 0 Å². The largest absolute Gasteiger partial charge is 0.496 e. The summed E-state index contributed by atoms with van der Waals surface area (Å²) in [4.78, 5) is 34.7. The summed E-state index contributed by atoms with van der Waals surface area (Å²) >= 11 is 5.73. The van der Waals surface area contributed by atoms with Crippen LogP contribution in [0.15, 0.2) is 54.6 Å². The zero-order valence-corrected chi connectivity index (χ0v) is 15.9. The number of hydrogen-bond donors (Lipinski definition) is 1. The highest BCUT2D eigenvalue weighted by Gasteiger charge is 2.18. The molecule has 1 amide bonds. The number of fused-ring (bicyclic) bond motifs is 1. The van der Waals surface area contributed by atoms with Crippen molar-refractivity contribution in [3.63, 3.8) is 0 Å². The van der Waals surface area contributed by atoms with Crippen LogP contribution in [-0.4, -0.2) is 30.5 Å². The van der Waals surface area contributed by atoms with Crippen molar-refractivity contribution >= 4 is 45.6 Å². The summed E-state index contributed by atoms with van der Waals surface area (Å²) in [5.41, 5.74) is -0.00562. The van der Waals surface area contributed by atoms with Crippen LogP contribution in [0, 0.1) is 10.1 Å². The van der Waals surface area contributed by atoms with Gasteiger partial charge in [-0.2, -0.15) is 0 Å². The summed E-state index contributed by atoms with van der Waals surface area (Å²) < 4.78 is 10.3. The van der Waals surface area contributed by atoms with Gasteiger partial charge in [0.25, 0.3) is 11.6 Å². The molecular weight excluding hydrogens is 400 g/mol. The number of carbonyl (C=O) groups excluding carboxylic acids is 2. The number of ether oxygens (including phenoxy) is 2. The van der Waals surface area contributed by atoms with Gasteiger partial charge in [-0.3, -0.25) is 14.9 Å². The Morgan fingerprint density at radius 3 is 2.45 bits per heavy atom. The van der Waals surface area contributed by atoms with Crippen molar-refractivity contribution in [3.8, 4) is 5.75 Å². The van der Waals surface area contributed by atoms with E-state index < -0.39 is 23.4 Å². The highest BCUT2D eigenvalue weighted by Crippen LogP contribution is 2.28. The first kappa shape index (κ1) is 20.1. The Morgan fingerprint density at radius 2 is 1.79 bits per heavy atom. The third kappa shape index (κ3) is 4.61. The molecule has 3 aromatic carbocycles. The van der Waals surface area contributed by atoms with E-state index in [1.54, 1.807) is 12.1 Å². The predicted molar refractivity (Wildman–Crippen MR) is 108 cm³/mol. The summed E-state index contributed by atoms with van der Waals surface area (Å²) in [6.07, 6.45) is 0. The maximum atomic E-state index is 12.4. The first-order valence-corrected chi connectivity index (χ1v) is 8.74. The zero-order valence-electron chi connectivity index (χ0n) is 15.2. The summed E-state index contributed by atoms with van der Waals surface area (Å²) in [6, 6.07) is 14.6. The van der Waals surface area contributed by atoms with Crippen LogP contribution in [0.25, 0.3) is 10.8 Å². The quantitative estimate of drug-likeness (QED) is 0.368. The number of nitrogens with zero attached hydrogens (tertiary/aromatic N) is 1. The van der Waals surface area contributed by atoms with Crippen LogP contribution in [-0.2, 0) is 9.53 Å². The Labute approximate surface area is 170 Å². The number of rotatable bonds is 6. The molecule has 0 aromatic heterocycles. The highest BCUT2D eigenvalue weighted by atomic mass is 35.5. The lowest BCUT2D eigenvalue weighted by Gasteiger charge is -2.11. The lowest BCUT2D eigenvalue weighted by Crippen LogP contribution is -2.21. The summed E-state index contributed by atoms with van der Waals surface area (Å²) in [5.74, 6) is -1.07. The number of hydrogen-bond acceptors (Lipinski definition) is 6. The molecule has 9 heteroatoms. The van der Waals surface area contributed by atoms with Crippen molar-refractivity contribution in [2.75, 3.05) is 19.0 Å². The fourth-order valence-electron chi connectivity index (χ4n) is 2.68. The number of anilines is 1. The molecule has 0 bridgehead atoms. The smallest absolute Gasteiger partial charge is 0.342 e. The minimum atomic E-state index is -0.732. The number of amides is 1. The number of nitro groups is 1. The number of nitrogens with one attached hydrogen (secondary N) is 1. The molecule has 0 aliphatic carbocycles. The average molecular weight is 415 g/mol. The molecule has 0 heterocycles. The molecule has 148 valence electrons. The van der Waals surface area contributed by atoms with E-state index in [0.717, 1.165) is 16.8 Å². The molecule has 3 rings (SSSR count). The van der Waals surface area contributed by atoms with Crippen LogP contribution in [0.1, 0.15) is 10.4 Å². The number of esters is 1. The van der Waals surface area contributed by atoms with E-state index in [9.17, 15) is 19.7 Å². The van der Waals surface area contributed by atoms with Crippen molar-refractivity contribution in [1.82, 2.24) is 0 Å². The summed E-state index contributed by atoms with van der Waals surface area (Å²) in [7, 11) is 1.43. The molecule has 0 radical (unpaired) electrons. The molecule has 0 fully saturated rings. The second-order valence-corrected chi connectivity index (χ2v) is 6.35. The topological polar surface area (TPSA) is 108 Å². The van der Waals surface area contributed by atoms with Gasteiger partial charge in [-0.15, -0.1) is 0 Å². The molecule has 3 aromatic rings. The van der Waals surface area contributed by atoms with Gasteiger partial charge in [-0.1, -0.05) is 35.9 Å². The Morgan fingerprint density at radius 1 is 1.10 bits per heavy atom. The minimum Gasteiger partial charge on any atom is -0.496 e. The Kier molecular flexibility index (Phi) is 5.94. The van der Waals surface area contributed by atoms with Crippen LogP contribution in [0.5, 0.6) is 5.75 Å². The monoisotopic (exact) mass is 414 g/mol. The number of nitro benzene ring substituents is 1. The molecule has 0 aliphatic rings. The van der Waals surface area contributed by atoms with Crippen molar-refractivity contribution in [1.29, 1.82) is 0 Å². The molecule has 0 unspecified atom stereocenters. The summed E-state index contributed by atoms with van der Waals surface area (Å²) in [6.45, 7) is -0.578. The standard InChI is InChI=1S/C20H15ClN2O6/c1-28-18-9-13-5-3-2-4-12(13)8-15(18)20(25)29-11-19(24)22-14-6-7-16(21)17(10-14)23(26)27/h2-10H,11H2,1H3,(H,22,24). The fraction of sp³-hybridized carbons (Fsp3) is 0.100. The van der Waals surface area contributed by atoms with E-state index in [1.807, 2.05) is 24.3 Å². The maximum absolute atomic E-state index is 12.4. The normalized spacial score (nSPS) is 10.4. The van der Waals surface area contributed by atoms with E-state index in [1.165, 1.54) is 19.2 Å². The zero-order chi connectivity index (χ0) is 21.0. The van der Waals surface area contributed by atoms with Gasteiger partial charge in [0.15, 0.2) is 6.61 Å². The van der Waals surface area contributed by atoms with Crippen LogP contribution in [0.3, 0.4) is 0 Å². The van der Waals surface area contributed by atoms with E-state index in [0.29, 0.717) is 5.75 Å². The van der Waals surface area contributed by atoms with E-state index in [4.69, 9.17) is 21.1 Å². The van der Waals surface area contributed by atoms with Gasteiger partial charge in [0.1, 0.15) is 16.3 Å². The molecule has 0 aliphatic heterocycles. The second-order valence-electron chi connectivity index (χ2n) is 5.95. The van der Waals surface area contributed by atoms with E-state index in [2.05, 4.69) is 5.32 Å². The molecule has 1 N–H and O–H groups in total. The van der Waals surface area contributed by atoms with E-state index in [-0.39, 0.29) is 22.0 Å². The maximum Gasteiger partial charge on any atom is 0.342 e. The minimum absolute atomic E-state index is 0.0529. The van der Waals surface area contributed by atoms with Gasteiger partial charge in [0.2, 0.25) is 0 Å². The molecule has 0 atom stereocenters. The molecule has 29 heavy (non-hydrogen) atoms. The van der Waals surface area contributed by atoms with Gasteiger partial charge in [-0.25, -0.2) is 4.79 Å². The lowest BCUT2D eigenvalue weighted by molar-refractivity contribution is -0.384. The third-order valence-electron chi connectivity index (χ3n) is 4.05. The molecule has 8 nitrogen and oxygen atoms in total.